The van der Waals surface area contributed by atoms with Crippen molar-refractivity contribution in [2.45, 2.75) is 0 Å². The van der Waals surface area contributed by atoms with Crippen LogP contribution >= 0.6 is 11.8 Å². The van der Waals surface area contributed by atoms with E-state index in [1.807, 2.05) is 6.26 Å². The number of hydrogen-bond donors (Lipinski definition) is 2. The van der Waals surface area contributed by atoms with Crippen LogP contribution in [0, 0.1) is 0 Å². The van der Waals surface area contributed by atoms with Crippen molar-refractivity contribution < 1.29 is 9.21 Å². The van der Waals surface area contributed by atoms with Gasteiger partial charge >= 0.3 is 0 Å². The number of rotatable bonds is 4. The number of amides is 1. The SMILES string of the molecule is CSCCNC(=O)c1cc2cc(N)ccc2o1. The number of furan rings is 1. The number of hydrogen-bond acceptors (Lipinski definition) is 4. The zero-order chi connectivity index (χ0) is 12.3. The molecule has 0 bridgehead atoms. The monoisotopic (exact) mass is 250 g/mol. The Hall–Kier alpha value is -1.62. The second-order valence-electron chi connectivity index (χ2n) is 3.66. The summed E-state index contributed by atoms with van der Waals surface area (Å²) < 4.78 is 5.44. The molecule has 0 fully saturated rings. The van der Waals surface area contributed by atoms with Crippen LogP contribution in [0.25, 0.3) is 11.0 Å². The van der Waals surface area contributed by atoms with Gasteiger partial charge in [-0.05, 0) is 30.5 Å². The lowest BCUT2D eigenvalue weighted by atomic mass is 10.2. The molecule has 17 heavy (non-hydrogen) atoms. The lowest BCUT2D eigenvalue weighted by Crippen LogP contribution is -2.25. The summed E-state index contributed by atoms with van der Waals surface area (Å²) in [5.74, 6) is 1.03. The third-order valence-electron chi connectivity index (χ3n) is 2.36. The fourth-order valence-electron chi connectivity index (χ4n) is 1.53. The number of carbonyl (C=O) groups excluding carboxylic acids is 1. The fraction of sp³-hybridized carbons (Fsp3) is 0.250. The topological polar surface area (TPSA) is 68.3 Å². The highest BCUT2D eigenvalue weighted by atomic mass is 32.2. The van der Waals surface area contributed by atoms with Crippen LogP contribution in [0.15, 0.2) is 28.7 Å². The highest BCUT2D eigenvalue weighted by Crippen LogP contribution is 2.21. The zero-order valence-corrected chi connectivity index (χ0v) is 10.3. The third-order valence-corrected chi connectivity index (χ3v) is 2.97. The van der Waals surface area contributed by atoms with Crippen LogP contribution in [0.5, 0.6) is 0 Å². The number of thioether (sulfide) groups is 1. The van der Waals surface area contributed by atoms with Crippen molar-refractivity contribution in [2.24, 2.45) is 0 Å². The maximum atomic E-state index is 11.7. The van der Waals surface area contributed by atoms with Gasteiger partial charge in [0.2, 0.25) is 0 Å². The van der Waals surface area contributed by atoms with Crippen molar-refractivity contribution >= 4 is 34.3 Å². The predicted octanol–water partition coefficient (Wildman–Crippen LogP) is 2.11. The molecular weight excluding hydrogens is 236 g/mol. The van der Waals surface area contributed by atoms with E-state index in [1.54, 1.807) is 36.0 Å². The first-order valence-electron chi connectivity index (χ1n) is 5.27. The van der Waals surface area contributed by atoms with Gasteiger partial charge in [-0.3, -0.25) is 4.79 Å². The van der Waals surface area contributed by atoms with E-state index in [0.717, 1.165) is 11.1 Å². The number of benzene rings is 1. The Morgan fingerprint density at radius 2 is 2.29 bits per heavy atom. The van der Waals surface area contributed by atoms with Crippen LogP contribution in [0.3, 0.4) is 0 Å². The standard InChI is InChI=1S/C12H14N2O2S/c1-17-5-4-14-12(15)11-7-8-6-9(13)2-3-10(8)16-11/h2-3,6-7H,4-5,13H2,1H3,(H,14,15). The van der Waals surface area contributed by atoms with Crippen molar-refractivity contribution in [2.75, 3.05) is 24.3 Å². The van der Waals surface area contributed by atoms with Crippen molar-refractivity contribution in [1.29, 1.82) is 0 Å². The molecule has 5 heteroatoms. The number of nitrogens with two attached hydrogens (primary N) is 1. The Balaban J connectivity index is 2.15. The predicted molar refractivity (Wildman–Crippen MR) is 71.3 cm³/mol. The van der Waals surface area contributed by atoms with E-state index >= 15 is 0 Å². The number of carbonyl (C=O) groups is 1. The Labute approximate surface area is 104 Å². The van der Waals surface area contributed by atoms with Crippen molar-refractivity contribution in [3.8, 4) is 0 Å². The summed E-state index contributed by atoms with van der Waals surface area (Å²) in [6.45, 7) is 0.638. The first-order valence-corrected chi connectivity index (χ1v) is 6.66. The molecule has 1 amide bonds. The quantitative estimate of drug-likeness (QED) is 0.644. The summed E-state index contributed by atoms with van der Waals surface area (Å²) in [6.07, 6.45) is 2.00. The van der Waals surface area contributed by atoms with Crippen molar-refractivity contribution in [1.82, 2.24) is 5.32 Å². The second-order valence-corrected chi connectivity index (χ2v) is 4.64. The molecular formula is C12H14N2O2S. The number of nitrogens with one attached hydrogen (secondary N) is 1. The van der Waals surface area contributed by atoms with Gasteiger partial charge in [-0.2, -0.15) is 11.8 Å². The number of fused-ring (bicyclic) bond motifs is 1. The molecule has 0 saturated heterocycles. The second kappa shape index (κ2) is 5.14. The van der Waals surface area contributed by atoms with Gasteiger partial charge < -0.3 is 15.5 Å². The Morgan fingerprint density at radius 1 is 1.47 bits per heavy atom. The summed E-state index contributed by atoms with van der Waals surface area (Å²) in [7, 11) is 0. The van der Waals surface area contributed by atoms with Crippen LogP contribution in [-0.2, 0) is 0 Å². The van der Waals surface area contributed by atoms with Crippen LogP contribution < -0.4 is 11.1 Å². The lowest BCUT2D eigenvalue weighted by molar-refractivity contribution is 0.0931. The van der Waals surface area contributed by atoms with Gasteiger partial charge in [-0.25, -0.2) is 0 Å². The zero-order valence-electron chi connectivity index (χ0n) is 9.53. The van der Waals surface area contributed by atoms with Gasteiger partial charge in [0.1, 0.15) is 5.58 Å². The molecule has 2 rings (SSSR count). The summed E-state index contributed by atoms with van der Waals surface area (Å²) in [4.78, 5) is 11.7. The minimum Gasteiger partial charge on any atom is -0.451 e. The highest BCUT2D eigenvalue weighted by Gasteiger charge is 2.11. The first kappa shape index (κ1) is 11.9. The normalized spacial score (nSPS) is 10.6. The maximum absolute atomic E-state index is 11.7. The molecule has 2 aromatic rings. The maximum Gasteiger partial charge on any atom is 0.287 e. The summed E-state index contributed by atoms with van der Waals surface area (Å²) >= 11 is 1.68. The van der Waals surface area contributed by atoms with E-state index in [9.17, 15) is 4.79 Å². The minimum atomic E-state index is -0.186. The molecule has 0 saturated carbocycles. The van der Waals surface area contributed by atoms with E-state index < -0.39 is 0 Å². The van der Waals surface area contributed by atoms with Gasteiger partial charge in [-0.15, -0.1) is 0 Å². The number of anilines is 1. The molecule has 0 aliphatic rings. The number of nitrogen functional groups attached to an aromatic ring is 1. The van der Waals surface area contributed by atoms with E-state index in [2.05, 4.69) is 5.32 Å². The lowest BCUT2D eigenvalue weighted by Gasteiger charge is -1.99. The Bertz CT molecular complexity index is 536. The molecule has 0 unspecified atom stereocenters. The summed E-state index contributed by atoms with van der Waals surface area (Å²) in [5.41, 5.74) is 7.00. The molecule has 0 atom stereocenters. The van der Waals surface area contributed by atoms with Gasteiger partial charge in [0.25, 0.3) is 5.91 Å². The average molecular weight is 250 g/mol. The van der Waals surface area contributed by atoms with Crippen LogP contribution in [-0.4, -0.2) is 24.5 Å². The van der Waals surface area contributed by atoms with Gasteiger partial charge in [-0.1, -0.05) is 0 Å². The largest absolute Gasteiger partial charge is 0.451 e. The molecule has 1 heterocycles. The summed E-state index contributed by atoms with van der Waals surface area (Å²) in [6, 6.07) is 7.02. The van der Waals surface area contributed by atoms with Crippen LogP contribution in [0.4, 0.5) is 5.69 Å². The van der Waals surface area contributed by atoms with E-state index in [4.69, 9.17) is 10.2 Å². The van der Waals surface area contributed by atoms with Crippen molar-refractivity contribution in [3.63, 3.8) is 0 Å². The Morgan fingerprint density at radius 3 is 3.06 bits per heavy atom. The molecule has 90 valence electrons. The third kappa shape index (κ3) is 2.74. The molecule has 0 spiro atoms. The van der Waals surface area contributed by atoms with E-state index in [0.29, 0.717) is 23.6 Å². The summed E-state index contributed by atoms with van der Waals surface area (Å²) in [5, 5.41) is 3.64. The molecule has 1 aromatic heterocycles. The van der Waals surface area contributed by atoms with E-state index in [1.165, 1.54) is 0 Å². The highest BCUT2D eigenvalue weighted by molar-refractivity contribution is 7.98. The molecule has 0 aliphatic heterocycles. The minimum absolute atomic E-state index is 0.186. The molecule has 0 radical (unpaired) electrons. The van der Waals surface area contributed by atoms with Gasteiger partial charge in [0, 0.05) is 23.4 Å². The van der Waals surface area contributed by atoms with Crippen LogP contribution in [0.1, 0.15) is 10.6 Å². The Kier molecular flexibility index (Phi) is 3.58. The smallest absolute Gasteiger partial charge is 0.287 e. The fourth-order valence-corrected chi connectivity index (χ4v) is 1.83. The molecule has 0 aliphatic carbocycles. The first-order chi connectivity index (χ1) is 8.20. The molecule has 4 nitrogen and oxygen atoms in total. The van der Waals surface area contributed by atoms with E-state index in [-0.39, 0.29) is 5.91 Å². The van der Waals surface area contributed by atoms with Crippen molar-refractivity contribution in [3.05, 3.63) is 30.0 Å². The molecule has 3 N–H and O–H groups in total. The molecule has 1 aromatic carbocycles. The van der Waals surface area contributed by atoms with Gasteiger partial charge in [0.15, 0.2) is 5.76 Å². The average Bonchev–Trinajstić information content (AvgIpc) is 2.72. The van der Waals surface area contributed by atoms with Gasteiger partial charge in [0.05, 0.1) is 0 Å². The van der Waals surface area contributed by atoms with Crippen LogP contribution in [0.2, 0.25) is 0 Å².